The Bertz CT molecular complexity index is 640. The number of fused-ring (bicyclic) bond motifs is 1. The second-order valence-electron chi connectivity index (χ2n) is 4.13. The molecule has 0 amide bonds. The van der Waals surface area contributed by atoms with Gasteiger partial charge in [0.1, 0.15) is 17.3 Å². The number of carboxylic acids is 1. The summed E-state index contributed by atoms with van der Waals surface area (Å²) in [5.41, 5.74) is 0.869. The molecule has 1 aliphatic rings. The van der Waals surface area contributed by atoms with Gasteiger partial charge in [0.2, 0.25) is 0 Å². The van der Waals surface area contributed by atoms with Gasteiger partial charge in [0.25, 0.3) is 5.19 Å². The number of ether oxygens (including phenoxy) is 2. The van der Waals surface area contributed by atoms with Gasteiger partial charge in [-0.25, -0.2) is 4.79 Å². The third kappa shape index (κ3) is 2.37. The number of hydrogen-bond acceptors (Lipinski definition) is 6. The maximum absolute atomic E-state index is 10.9. The second kappa shape index (κ2) is 4.51. The number of aryl methyl sites for hydroxylation is 1. The van der Waals surface area contributed by atoms with Crippen LogP contribution in [0, 0.1) is 6.92 Å². The number of nitrogens with zero attached hydrogens (tertiary/aromatic N) is 2. The minimum Gasteiger partial charge on any atom is -0.478 e. The Kier molecular flexibility index (Phi) is 2.83. The summed E-state index contributed by atoms with van der Waals surface area (Å²) in [5.74, 6) is 0.800. The van der Waals surface area contributed by atoms with Crippen molar-refractivity contribution in [3.05, 3.63) is 29.6 Å². The van der Waals surface area contributed by atoms with Crippen LogP contribution in [0.4, 0.5) is 0 Å². The van der Waals surface area contributed by atoms with E-state index in [-0.39, 0.29) is 0 Å². The molecule has 0 saturated carbocycles. The van der Waals surface area contributed by atoms with E-state index < -0.39 is 12.1 Å². The molecule has 1 N–H and O–H groups in total. The van der Waals surface area contributed by atoms with E-state index in [0.29, 0.717) is 28.9 Å². The fraction of sp³-hybridized carbons (Fsp3) is 0.250. The van der Waals surface area contributed by atoms with Gasteiger partial charge < -0.3 is 14.6 Å². The van der Waals surface area contributed by atoms with Crippen LogP contribution in [-0.4, -0.2) is 26.5 Å². The lowest BCUT2D eigenvalue weighted by Crippen LogP contribution is -2.24. The van der Waals surface area contributed by atoms with Crippen LogP contribution >= 0.6 is 11.5 Å². The summed E-state index contributed by atoms with van der Waals surface area (Å²) in [6.45, 7) is 1.78. The van der Waals surface area contributed by atoms with Crippen molar-refractivity contribution < 1.29 is 19.4 Å². The third-order valence-electron chi connectivity index (χ3n) is 2.70. The lowest BCUT2D eigenvalue weighted by Gasteiger charge is -2.05. The first-order valence-corrected chi connectivity index (χ1v) is 6.40. The molecular weight excluding hydrogens is 268 g/mol. The molecule has 0 aliphatic carbocycles. The van der Waals surface area contributed by atoms with Gasteiger partial charge in [-0.3, -0.25) is 0 Å². The van der Waals surface area contributed by atoms with Crippen LogP contribution in [0.1, 0.15) is 11.4 Å². The second-order valence-corrected chi connectivity index (χ2v) is 4.84. The molecule has 2 aromatic rings. The van der Waals surface area contributed by atoms with Crippen LogP contribution in [0.2, 0.25) is 0 Å². The first kappa shape index (κ1) is 11.9. The Morgan fingerprint density at radius 2 is 2.42 bits per heavy atom. The largest absolute Gasteiger partial charge is 0.478 e. The van der Waals surface area contributed by atoms with E-state index in [4.69, 9.17) is 14.6 Å². The third-order valence-corrected chi connectivity index (χ3v) is 3.39. The Labute approximate surface area is 112 Å². The van der Waals surface area contributed by atoms with E-state index in [1.807, 2.05) is 6.07 Å². The molecular formula is C12H10N2O4S. The molecule has 0 fully saturated rings. The topological polar surface area (TPSA) is 81.5 Å². The standard InChI is InChI=1S/C12H10N2O4S/c1-6-13-12(19-14-6)17-8-3-2-7-4-10(11(15)16)18-9(7)5-8/h2-3,5,10H,4H2,1H3,(H,15,16). The average Bonchev–Trinajstić information content (AvgIpc) is 2.95. The molecule has 98 valence electrons. The number of aliphatic carboxylic acids is 1. The SMILES string of the molecule is Cc1nsc(Oc2ccc3c(c2)OC(C(=O)O)C3)n1. The molecule has 19 heavy (non-hydrogen) atoms. The quantitative estimate of drug-likeness (QED) is 0.925. The molecule has 7 heteroatoms. The maximum atomic E-state index is 10.9. The van der Waals surface area contributed by atoms with E-state index in [0.717, 1.165) is 17.1 Å². The predicted molar refractivity (Wildman–Crippen MR) is 66.9 cm³/mol. The summed E-state index contributed by atoms with van der Waals surface area (Å²) in [7, 11) is 0. The zero-order valence-corrected chi connectivity index (χ0v) is 10.8. The zero-order valence-electron chi connectivity index (χ0n) is 9.99. The van der Waals surface area contributed by atoms with E-state index in [2.05, 4.69) is 9.36 Å². The minimum absolute atomic E-state index is 0.378. The number of carboxylic acid groups (broad SMARTS) is 1. The van der Waals surface area contributed by atoms with Crippen molar-refractivity contribution in [3.63, 3.8) is 0 Å². The normalized spacial score (nSPS) is 16.8. The fourth-order valence-electron chi connectivity index (χ4n) is 1.83. The number of hydrogen-bond donors (Lipinski definition) is 1. The molecule has 1 aromatic carbocycles. The van der Waals surface area contributed by atoms with Crippen LogP contribution in [-0.2, 0) is 11.2 Å². The molecule has 0 bridgehead atoms. The highest BCUT2D eigenvalue weighted by atomic mass is 32.1. The van der Waals surface area contributed by atoms with Crippen LogP contribution in [0.15, 0.2) is 18.2 Å². The monoisotopic (exact) mass is 278 g/mol. The summed E-state index contributed by atoms with van der Waals surface area (Å²) >= 11 is 1.16. The smallest absolute Gasteiger partial charge is 0.345 e. The molecule has 1 atom stereocenters. The Hall–Kier alpha value is -2.15. The van der Waals surface area contributed by atoms with Crippen LogP contribution in [0.25, 0.3) is 0 Å². The van der Waals surface area contributed by atoms with Crippen molar-refractivity contribution in [1.82, 2.24) is 9.36 Å². The van der Waals surface area contributed by atoms with E-state index in [1.165, 1.54) is 0 Å². The first-order valence-electron chi connectivity index (χ1n) is 5.62. The highest BCUT2D eigenvalue weighted by Gasteiger charge is 2.29. The van der Waals surface area contributed by atoms with Gasteiger partial charge in [0, 0.05) is 24.0 Å². The van der Waals surface area contributed by atoms with E-state index in [9.17, 15) is 4.79 Å². The molecule has 0 spiro atoms. The number of benzene rings is 1. The van der Waals surface area contributed by atoms with Crippen molar-refractivity contribution >= 4 is 17.5 Å². The van der Waals surface area contributed by atoms with Crippen molar-refractivity contribution in [2.45, 2.75) is 19.4 Å². The average molecular weight is 278 g/mol. The molecule has 1 aromatic heterocycles. The molecule has 1 aliphatic heterocycles. The van der Waals surface area contributed by atoms with E-state index >= 15 is 0 Å². The van der Waals surface area contributed by atoms with Gasteiger partial charge in [0.15, 0.2) is 6.10 Å². The summed E-state index contributed by atoms with van der Waals surface area (Å²) in [6, 6.07) is 5.25. The fourth-order valence-corrected chi connectivity index (χ4v) is 2.39. The van der Waals surface area contributed by atoms with Crippen molar-refractivity contribution in [2.75, 3.05) is 0 Å². The van der Waals surface area contributed by atoms with Crippen molar-refractivity contribution in [1.29, 1.82) is 0 Å². The van der Waals surface area contributed by atoms with Gasteiger partial charge in [0.05, 0.1) is 0 Å². The minimum atomic E-state index is -0.960. The van der Waals surface area contributed by atoms with Crippen LogP contribution in [0.3, 0.4) is 0 Å². The summed E-state index contributed by atoms with van der Waals surface area (Å²) < 4.78 is 14.9. The first-order chi connectivity index (χ1) is 9.11. The van der Waals surface area contributed by atoms with Gasteiger partial charge >= 0.3 is 5.97 Å². The maximum Gasteiger partial charge on any atom is 0.345 e. The predicted octanol–water partition coefficient (Wildman–Crippen LogP) is 2.03. The highest BCUT2D eigenvalue weighted by molar-refractivity contribution is 7.07. The summed E-state index contributed by atoms with van der Waals surface area (Å²) in [5, 5.41) is 9.37. The molecule has 2 heterocycles. The number of aromatic nitrogens is 2. The van der Waals surface area contributed by atoms with E-state index in [1.54, 1.807) is 19.1 Å². The van der Waals surface area contributed by atoms with Gasteiger partial charge in [-0.2, -0.15) is 9.36 Å². The van der Waals surface area contributed by atoms with Gasteiger partial charge in [-0.05, 0) is 18.6 Å². The molecule has 6 nitrogen and oxygen atoms in total. The molecule has 0 radical (unpaired) electrons. The van der Waals surface area contributed by atoms with Crippen LogP contribution < -0.4 is 9.47 Å². The van der Waals surface area contributed by atoms with Gasteiger partial charge in [-0.1, -0.05) is 6.07 Å². The van der Waals surface area contributed by atoms with Crippen molar-refractivity contribution in [3.8, 4) is 16.7 Å². The molecule has 0 saturated heterocycles. The van der Waals surface area contributed by atoms with Gasteiger partial charge in [-0.15, -0.1) is 0 Å². The Morgan fingerprint density at radius 1 is 1.58 bits per heavy atom. The molecule has 1 unspecified atom stereocenters. The lowest BCUT2D eigenvalue weighted by molar-refractivity contribution is -0.144. The highest BCUT2D eigenvalue weighted by Crippen LogP contribution is 2.34. The molecule has 3 rings (SSSR count). The van der Waals surface area contributed by atoms with Crippen molar-refractivity contribution in [2.24, 2.45) is 0 Å². The summed E-state index contributed by atoms with van der Waals surface area (Å²) in [6.07, 6.45) is -0.433. The lowest BCUT2D eigenvalue weighted by atomic mass is 10.1. The van der Waals surface area contributed by atoms with Crippen LogP contribution in [0.5, 0.6) is 16.7 Å². The number of carbonyl (C=O) groups is 1. The number of rotatable bonds is 3. The zero-order chi connectivity index (χ0) is 13.4. The Morgan fingerprint density at radius 3 is 3.11 bits per heavy atom. The summed E-state index contributed by atoms with van der Waals surface area (Å²) in [4.78, 5) is 15.0. The Balaban J connectivity index is 1.80.